The maximum Gasteiger partial charge on any atom is 0.135 e. The Kier molecular flexibility index (Phi) is 3.94. The summed E-state index contributed by atoms with van der Waals surface area (Å²) in [5, 5.41) is 6.43. The van der Waals surface area contributed by atoms with E-state index in [0.717, 1.165) is 22.2 Å². The highest BCUT2D eigenvalue weighted by Crippen LogP contribution is 2.29. The van der Waals surface area contributed by atoms with Crippen molar-refractivity contribution >= 4 is 23.0 Å². The van der Waals surface area contributed by atoms with E-state index in [9.17, 15) is 0 Å². The van der Waals surface area contributed by atoms with E-state index in [1.54, 1.807) is 11.3 Å². The molecule has 0 aromatic carbocycles. The minimum atomic E-state index is -0.298. The first-order chi connectivity index (χ1) is 9.31. The number of aromatic nitrogens is 3. The molecule has 0 radical (unpaired) electrons. The summed E-state index contributed by atoms with van der Waals surface area (Å²) in [4.78, 5) is 13.3. The first-order valence-corrected chi connectivity index (χ1v) is 7.51. The molecule has 2 aromatic heterocycles. The van der Waals surface area contributed by atoms with Gasteiger partial charge in [-0.2, -0.15) is 0 Å². The summed E-state index contributed by atoms with van der Waals surface area (Å²) >= 11 is 1.62. The highest BCUT2D eigenvalue weighted by Gasteiger charge is 2.25. The number of thiazole rings is 1. The molecule has 0 amide bonds. The molecule has 108 valence electrons. The topological polar surface area (TPSA) is 76.7 Å². The van der Waals surface area contributed by atoms with Gasteiger partial charge in [0.25, 0.3) is 0 Å². The van der Waals surface area contributed by atoms with Crippen LogP contribution in [0.2, 0.25) is 0 Å². The zero-order valence-corrected chi connectivity index (χ0v) is 13.4. The minimum Gasteiger partial charge on any atom is -0.383 e. The molecule has 0 saturated heterocycles. The van der Waals surface area contributed by atoms with Gasteiger partial charge < -0.3 is 11.1 Å². The summed E-state index contributed by atoms with van der Waals surface area (Å²) in [5.74, 6) is 2.30. The van der Waals surface area contributed by atoms with E-state index in [4.69, 9.17) is 5.73 Å². The van der Waals surface area contributed by atoms with Crippen LogP contribution in [-0.2, 0) is 5.54 Å². The second-order valence-electron chi connectivity index (χ2n) is 5.68. The second-order valence-corrected chi connectivity index (χ2v) is 6.58. The standard InChI is InChI=1S/C14H21N5S/c1-8(2)11-17-10(15)9(3)12(18-11)19-14(4,5)13-16-6-7-20-13/h6-8H,1-5H3,(H3,15,17,18,19). The number of nitrogens with zero attached hydrogens (tertiary/aromatic N) is 3. The van der Waals surface area contributed by atoms with Gasteiger partial charge in [-0.1, -0.05) is 13.8 Å². The van der Waals surface area contributed by atoms with Crippen molar-refractivity contribution < 1.29 is 0 Å². The van der Waals surface area contributed by atoms with Gasteiger partial charge in [0, 0.05) is 23.1 Å². The summed E-state index contributed by atoms with van der Waals surface area (Å²) in [6, 6.07) is 0. The summed E-state index contributed by atoms with van der Waals surface area (Å²) in [6.07, 6.45) is 1.81. The first kappa shape index (κ1) is 14.7. The van der Waals surface area contributed by atoms with Gasteiger partial charge in [0.15, 0.2) is 0 Å². The van der Waals surface area contributed by atoms with Crippen molar-refractivity contribution in [1.29, 1.82) is 0 Å². The number of hydrogen-bond donors (Lipinski definition) is 2. The van der Waals surface area contributed by atoms with E-state index >= 15 is 0 Å². The Morgan fingerprint density at radius 1 is 1.30 bits per heavy atom. The Morgan fingerprint density at radius 2 is 2.00 bits per heavy atom. The Labute approximate surface area is 123 Å². The zero-order chi connectivity index (χ0) is 14.9. The zero-order valence-electron chi connectivity index (χ0n) is 12.6. The summed E-state index contributed by atoms with van der Waals surface area (Å²) in [7, 11) is 0. The van der Waals surface area contributed by atoms with Crippen LogP contribution in [0, 0.1) is 6.92 Å². The maximum atomic E-state index is 5.99. The van der Waals surface area contributed by atoms with Crippen LogP contribution >= 0.6 is 11.3 Å². The van der Waals surface area contributed by atoms with Crippen LogP contribution in [0.4, 0.5) is 11.6 Å². The first-order valence-electron chi connectivity index (χ1n) is 6.63. The molecule has 0 fully saturated rings. The molecule has 0 saturated carbocycles. The quantitative estimate of drug-likeness (QED) is 0.904. The van der Waals surface area contributed by atoms with Crippen molar-refractivity contribution in [3.63, 3.8) is 0 Å². The van der Waals surface area contributed by atoms with Gasteiger partial charge in [-0.15, -0.1) is 11.3 Å². The van der Waals surface area contributed by atoms with Gasteiger partial charge in [-0.3, -0.25) is 0 Å². The molecule has 0 bridgehead atoms. The van der Waals surface area contributed by atoms with Gasteiger partial charge in [-0.25, -0.2) is 15.0 Å². The third-order valence-corrected chi connectivity index (χ3v) is 4.21. The average molecular weight is 291 g/mol. The van der Waals surface area contributed by atoms with Gasteiger partial charge >= 0.3 is 0 Å². The number of anilines is 2. The minimum absolute atomic E-state index is 0.237. The molecule has 0 aliphatic rings. The van der Waals surface area contributed by atoms with Crippen LogP contribution in [0.1, 0.15) is 50.0 Å². The molecule has 6 heteroatoms. The predicted molar refractivity (Wildman–Crippen MR) is 84.0 cm³/mol. The number of rotatable bonds is 4. The molecule has 3 N–H and O–H groups in total. The van der Waals surface area contributed by atoms with Crippen molar-refractivity contribution in [3.05, 3.63) is 28.0 Å². The van der Waals surface area contributed by atoms with Crippen molar-refractivity contribution in [2.45, 2.75) is 46.1 Å². The van der Waals surface area contributed by atoms with Crippen LogP contribution in [0.3, 0.4) is 0 Å². The Bertz CT molecular complexity index is 590. The molecular weight excluding hydrogens is 270 g/mol. The Balaban J connectivity index is 2.38. The van der Waals surface area contributed by atoms with Crippen molar-refractivity contribution in [2.24, 2.45) is 0 Å². The van der Waals surface area contributed by atoms with E-state index in [1.165, 1.54) is 0 Å². The fourth-order valence-electron chi connectivity index (χ4n) is 1.81. The largest absolute Gasteiger partial charge is 0.383 e. The Morgan fingerprint density at radius 3 is 2.55 bits per heavy atom. The molecule has 0 spiro atoms. The molecule has 5 nitrogen and oxygen atoms in total. The normalized spacial score (nSPS) is 11.9. The Hall–Kier alpha value is -1.69. The van der Waals surface area contributed by atoms with Gasteiger partial charge in [0.1, 0.15) is 22.5 Å². The highest BCUT2D eigenvalue weighted by atomic mass is 32.1. The van der Waals surface area contributed by atoms with Crippen LogP contribution in [0.25, 0.3) is 0 Å². The van der Waals surface area contributed by atoms with Crippen LogP contribution in [0.5, 0.6) is 0 Å². The second kappa shape index (κ2) is 5.36. The highest BCUT2D eigenvalue weighted by molar-refractivity contribution is 7.09. The SMILES string of the molecule is Cc1c(N)nc(C(C)C)nc1NC(C)(C)c1nccs1. The van der Waals surface area contributed by atoms with Crippen molar-refractivity contribution in [2.75, 3.05) is 11.1 Å². The molecule has 2 rings (SSSR count). The van der Waals surface area contributed by atoms with E-state index in [1.807, 2.05) is 18.5 Å². The number of hydrogen-bond acceptors (Lipinski definition) is 6. The number of nitrogens with two attached hydrogens (primary N) is 1. The smallest absolute Gasteiger partial charge is 0.135 e. The fourth-order valence-corrected chi connectivity index (χ4v) is 2.53. The summed E-state index contributed by atoms with van der Waals surface area (Å²) in [6.45, 7) is 10.2. The van der Waals surface area contributed by atoms with Gasteiger partial charge in [0.05, 0.1) is 5.54 Å². The van der Waals surface area contributed by atoms with E-state index in [0.29, 0.717) is 5.82 Å². The van der Waals surface area contributed by atoms with Crippen LogP contribution < -0.4 is 11.1 Å². The molecule has 2 heterocycles. The van der Waals surface area contributed by atoms with E-state index in [-0.39, 0.29) is 11.5 Å². The van der Waals surface area contributed by atoms with E-state index < -0.39 is 0 Å². The number of nitrogens with one attached hydrogen (secondary N) is 1. The average Bonchev–Trinajstić information content (AvgIpc) is 2.88. The lowest BCUT2D eigenvalue weighted by atomic mass is 10.1. The third-order valence-electron chi connectivity index (χ3n) is 3.12. The van der Waals surface area contributed by atoms with Gasteiger partial charge in [0.2, 0.25) is 0 Å². The molecule has 0 aliphatic carbocycles. The van der Waals surface area contributed by atoms with Crippen molar-refractivity contribution in [1.82, 2.24) is 15.0 Å². The molecule has 0 aliphatic heterocycles. The lowest BCUT2D eigenvalue weighted by Crippen LogP contribution is -2.29. The monoisotopic (exact) mass is 291 g/mol. The lowest BCUT2D eigenvalue weighted by molar-refractivity contribution is 0.598. The lowest BCUT2D eigenvalue weighted by Gasteiger charge is -2.26. The summed E-state index contributed by atoms with van der Waals surface area (Å²) in [5.41, 5.74) is 6.57. The van der Waals surface area contributed by atoms with Crippen LogP contribution in [0.15, 0.2) is 11.6 Å². The molecule has 0 unspecified atom stereocenters. The molecule has 0 atom stereocenters. The third kappa shape index (κ3) is 2.90. The summed E-state index contributed by atoms with van der Waals surface area (Å²) < 4.78 is 0. The van der Waals surface area contributed by atoms with Crippen LogP contribution in [-0.4, -0.2) is 15.0 Å². The number of nitrogen functional groups attached to an aromatic ring is 1. The van der Waals surface area contributed by atoms with Crippen molar-refractivity contribution in [3.8, 4) is 0 Å². The van der Waals surface area contributed by atoms with E-state index in [2.05, 4.69) is 48.0 Å². The fraction of sp³-hybridized carbons (Fsp3) is 0.500. The predicted octanol–water partition coefficient (Wildman–Crippen LogP) is 3.29. The molecule has 20 heavy (non-hydrogen) atoms. The van der Waals surface area contributed by atoms with Gasteiger partial charge in [-0.05, 0) is 20.8 Å². The maximum absolute atomic E-state index is 5.99. The molecular formula is C14H21N5S. The molecule has 2 aromatic rings.